The molecule has 1 heterocycles. The van der Waals surface area contributed by atoms with Crippen LogP contribution >= 0.6 is 31.9 Å². The Bertz CT molecular complexity index is 969. The summed E-state index contributed by atoms with van der Waals surface area (Å²) in [5.74, 6) is 13.2. The molecule has 0 aliphatic rings. The topological polar surface area (TPSA) is 0 Å². The van der Waals surface area contributed by atoms with Gasteiger partial charge >= 0.3 is 172 Å². The van der Waals surface area contributed by atoms with E-state index in [4.69, 9.17) is 0 Å². The Balaban J connectivity index is 1.91. The number of hydrogen-bond donors (Lipinski definition) is 0. The second-order valence-electron chi connectivity index (χ2n) is 5.63. The molecule has 25 heavy (non-hydrogen) atoms. The van der Waals surface area contributed by atoms with Gasteiger partial charge in [0.15, 0.2) is 0 Å². The molecule has 1 aromatic heterocycles. The second kappa shape index (κ2) is 8.27. The summed E-state index contributed by atoms with van der Waals surface area (Å²) in [6.07, 6.45) is 0. The zero-order chi connectivity index (χ0) is 17.8. The van der Waals surface area contributed by atoms with E-state index in [2.05, 4.69) is 93.7 Å². The van der Waals surface area contributed by atoms with E-state index >= 15 is 0 Å². The Hall–Kier alpha value is -1.48. The van der Waals surface area contributed by atoms with Gasteiger partial charge in [0.1, 0.15) is 0 Å². The van der Waals surface area contributed by atoms with Crippen LogP contribution in [0.4, 0.5) is 0 Å². The van der Waals surface area contributed by atoms with Crippen LogP contribution in [0.3, 0.4) is 0 Å². The van der Waals surface area contributed by atoms with Crippen LogP contribution in [0, 0.1) is 37.5 Å². The monoisotopic (exact) mass is 516 g/mol. The van der Waals surface area contributed by atoms with Crippen LogP contribution in [0.5, 0.6) is 0 Å². The van der Waals surface area contributed by atoms with Crippen molar-refractivity contribution in [3.63, 3.8) is 0 Å². The van der Waals surface area contributed by atoms with E-state index in [-0.39, 0.29) is 14.5 Å². The van der Waals surface area contributed by atoms with Crippen molar-refractivity contribution < 1.29 is 0 Å². The van der Waals surface area contributed by atoms with Crippen molar-refractivity contribution in [2.24, 2.45) is 0 Å². The molecule has 3 aromatic rings. The molecule has 0 radical (unpaired) electrons. The van der Waals surface area contributed by atoms with Gasteiger partial charge in [-0.05, 0) is 0 Å². The summed E-state index contributed by atoms with van der Waals surface area (Å²) >= 11 is 7.43. The van der Waals surface area contributed by atoms with Gasteiger partial charge in [-0.2, -0.15) is 0 Å². The molecule has 0 fully saturated rings. The summed E-state index contributed by atoms with van der Waals surface area (Å²) in [6.45, 7) is 4.16. The van der Waals surface area contributed by atoms with Gasteiger partial charge in [0.25, 0.3) is 0 Å². The number of aryl methyl sites for hydroxylation is 2. The molecule has 0 nitrogen and oxygen atoms in total. The molecule has 2 aromatic carbocycles. The molecule has 0 aliphatic heterocycles. The van der Waals surface area contributed by atoms with Crippen LogP contribution in [-0.4, -0.2) is 14.5 Å². The third-order valence-corrected chi connectivity index (χ3v) is 8.91. The predicted molar refractivity (Wildman–Crippen MR) is 113 cm³/mol. The van der Waals surface area contributed by atoms with Crippen LogP contribution < -0.4 is 0 Å². The van der Waals surface area contributed by atoms with Crippen LogP contribution in [0.25, 0.3) is 0 Å². The predicted octanol–water partition coefficient (Wildman–Crippen LogP) is 5.69. The molecule has 3 rings (SSSR count). The van der Waals surface area contributed by atoms with Gasteiger partial charge in [0.2, 0.25) is 0 Å². The molecule has 3 heteroatoms. The van der Waals surface area contributed by atoms with Crippen molar-refractivity contribution in [3.05, 3.63) is 88.6 Å². The van der Waals surface area contributed by atoms with Gasteiger partial charge in [-0.3, -0.25) is 0 Å². The Labute approximate surface area is 171 Å². The second-order valence-corrected chi connectivity index (χ2v) is 9.35. The van der Waals surface area contributed by atoms with E-state index in [0.717, 1.165) is 28.9 Å². The van der Waals surface area contributed by atoms with Crippen LogP contribution in [0.1, 0.15) is 31.1 Å². The molecule has 0 saturated heterocycles. The molecule has 0 aliphatic carbocycles. The molecular weight excluding hydrogens is 503 g/mol. The van der Waals surface area contributed by atoms with E-state index < -0.39 is 0 Å². The summed E-state index contributed by atoms with van der Waals surface area (Å²) in [7, 11) is 0. The van der Waals surface area contributed by atoms with Crippen molar-refractivity contribution in [3.8, 4) is 23.7 Å². The fourth-order valence-corrected chi connectivity index (χ4v) is 5.94. The van der Waals surface area contributed by atoms with Gasteiger partial charge in [-0.25, -0.2) is 0 Å². The van der Waals surface area contributed by atoms with E-state index in [0.29, 0.717) is 0 Å². The SMILES string of the molecule is Cc1cccc(C#Cc2[se]c(C#Cc3cccc(C)c3)c(Br)c2Br)c1. The molecule has 122 valence electrons. The van der Waals surface area contributed by atoms with Crippen LogP contribution in [0.15, 0.2) is 57.5 Å². The Kier molecular flexibility index (Phi) is 6.06. The average Bonchev–Trinajstić information content (AvgIpc) is 2.86. The first kappa shape index (κ1) is 18.3. The first-order chi connectivity index (χ1) is 12.0. The molecule has 0 unspecified atom stereocenters. The fraction of sp³-hybridized carbons (Fsp3) is 0.0909. The van der Waals surface area contributed by atoms with Crippen molar-refractivity contribution >= 4 is 46.4 Å². The van der Waals surface area contributed by atoms with Crippen molar-refractivity contribution in [2.45, 2.75) is 13.8 Å². The molecule has 0 N–H and O–H groups in total. The molecule has 0 saturated carbocycles. The zero-order valence-corrected chi connectivity index (χ0v) is 18.7. The Morgan fingerprint density at radius 2 is 1.12 bits per heavy atom. The van der Waals surface area contributed by atoms with Gasteiger partial charge in [-0.1, -0.05) is 0 Å². The fourth-order valence-electron chi connectivity index (χ4n) is 2.26. The van der Waals surface area contributed by atoms with Crippen molar-refractivity contribution in [1.29, 1.82) is 0 Å². The maximum absolute atomic E-state index is 3.66. The first-order valence-electron chi connectivity index (χ1n) is 7.68. The van der Waals surface area contributed by atoms with Gasteiger partial charge in [0.05, 0.1) is 0 Å². The number of benzene rings is 2. The van der Waals surface area contributed by atoms with Gasteiger partial charge < -0.3 is 0 Å². The van der Waals surface area contributed by atoms with E-state index in [1.807, 2.05) is 24.3 Å². The molecule has 0 spiro atoms. The van der Waals surface area contributed by atoms with E-state index in [1.54, 1.807) is 0 Å². The zero-order valence-electron chi connectivity index (χ0n) is 13.8. The Morgan fingerprint density at radius 3 is 1.52 bits per heavy atom. The Morgan fingerprint density at radius 1 is 0.680 bits per heavy atom. The van der Waals surface area contributed by atoms with Crippen molar-refractivity contribution in [1.82, 2.24) is 0 Å². The summed E-state index contributed by atoms with van der Waals surface area (Å²) < 4.78 is 4.30. The average molecular weight is 517 g/mol. The number of halogens is 2. The molecule has 0 amide bonds. The number of rotatable bonds is 0. The van der Waals surface area contributed by atoms with Crippen molar-refractivity contribution in [2.75, 3.05) is 0 Å². The summed E-state index contributed by atoms with van der Waals surface area (Å²) in [4.78, 5) is 0. The minimum atomic E-state index is 0.116. The summed E-state index contributed by atoms with van der Waals surface area (Å²) in [6, 6.07) is 16.5. The quantitative estimate of drug-likeness (QED) is 0.266. The summed E-state index contributed by atoms with van der Waals surface area (Å²) in [5, 5.41) is 0. The normalized spacial score (nSPS) is 9.76. The first-order valence-corrected chi connectivity index (χ1v) is 11.0. The third kappa shape index (κ3) is 4.78. The van der Waals surface area contributed by atoms with Crippen LogP contribution in [0.2, 0.25) is 0 Å². The van der Waals surface area contributed by atoms with Crippen LogP contribution in [-0.2, 0) is 0 Å². The van der Waals surface area contributed by atoms with Gasteiger partial charge in [-0.15, -0.1) is 0 Å². The molecule has 0 atom stereocenters. The minimum absolute atomic E-state index is 0.116. The van der Waals surface area contributed by atoms with Gasteiger partial charge in [0, 0.05) is 0 Å². The third-order valence-electron chi connectivity index (χ3n) is 3.47. The molecular formula is C22H14Br2Se. The van der Waals surface area contributed by atoms with E-state index in [1.165, 1.54) is 11.1 Å². The van der Waals surface area contributed by atoms with E-state index in [9.17, 15) is 0 Å². The molecule has 0 bridgehead atoms. The summed E-state index contributed by atoms with van der Waals surface area (Å²) in [5.41, 5.74) is 4.53. The number of hydrogen-bond acceptors (Lipinski definition) is 0. The maximum atomic E-state index is 3.66. The standard InChI is InChI=1S/C22H14Br2Se/c1-15-5-3-7-17(13-15)9-11-19-21(23)22(24)20(25-19)12-10-18-8-4-6-16(2)14-18/h3-8,13-14H,1-2H3.